The number of hydrogen-bond donors (Lipinski definition) is 2. The van der Waals surface area contributed by atoms with Gasteiger partial charge >= 0.3 is 0 Å². The number of amides is 1. The van der Waals surface area contributed by atoms with Crippen molar-refractivity contribution in [2.24, 2.45) is 0 Å². The Morgan fingerprint density at radius 1 is 1.45 bits per heavy atom. The fourth-order valence-corrected chi connectivity index (χ4v) is 4.46. The quantitative estimate of drug-likeness (QED) is 0.871. The van der Waals surface area contributed by atoms with E-state index < -0.39 is 0 Å². The first-order valence-corrected chi connectivity index (χ1v) is 8.99. The van der Waals surface area contributed by atoms with Gasteiger partial charge in [0.05, 0.1) is 4.88 Å². The van der Waals surface area contributed by atoms with Crippen LogP contribution in [0.2, 0.25) is 0 Å². The van der Waals surface area contributed by atoms with Crippen LogP contribution in [0, 0.1) is 0 Å². The molecule has 2 N–H and O–H groups in total. The summed E-state index contributed by atoms with van der Waals surface area (Å²) in [5, 5.41) is 11.1. The number of aromatic nitrogens is 1. The third-order valence-electron chi connectivity index (χ3n) is 3.15. The molecule has 1 atom stereocenters. The second-order valence-electron chi connectivity index (χ2n) is 4.68. The lowest BCUT2D eigenvalue weighted by Crippen LogP contribution is -2.45. The molecule has 2 aromatic rings. The van der Waals surface area contributed by atoms with E-state index in [-0.39, 0.29) is 11.9 Å². The van der Waals surface area contributed by atoms with Crippen molar-refractivity contribution < 1.29 is 4.79 Å². The Bertz CT molecular complexity index is 604. The minimum absolute atomic E-state index is 0.0724. The molecule has 0 aromatic carbocycles. The van der Waals surface area contributed by atoms with Crippen molar-refractivity contribution in [3.05, 3.63) is 27.0 Å². The maximum atomic E-state index is 12.2. The number of piperidine rings is 1. The van der Waals surface area contributed by atoms with Crippen molar-refractivity contribution in [2.45, 2.75) is 18.9 Å². The summed E-state index contributed by atoms with van der Waals surface area (Å²) < 4.78 is 1.05. The van der Waals surface area contributed by atoms with Gasteiger partial charge in [-0.3, -0.25) is 4.79 Å². The molecular weight excluding hydrogens is 358 g/mol. The van der Waals surface area contributed by atoms with E-state index in [1.807, 2.05) is 16.8 Å². The Hall–Kier alpha value is -0.760. The molecule has 7 heteroatoms. The maximum Gasteiger partial charge on any atom is 0.271 e. The van der Waals surface area contributed by atoms with E-state index in [1.54, 1.807) is 11.3 Å². The molecule has 2 aromatic heterocycles. The molecule has 1 aliphatic rings. The predicted molar refractivity (Wildman–Crippen MR) is 86.5 cm³/mol. The minimum atomic E-state index is -0.0724. The molecule has 0 saturated carbocycles. The van der Waals surface area contributed by atoms with Crippen molar-refractivity contribution in [2.75, 3.05) is 13.1 Å². The van der Waals surface area contributed by atoms with Crippen LogP contribution in [0.15, 0.2) is 21.3 Å². The Labute approximate surface area is 133 Å². The highest BCUT2D eigenvalue weighted by Gasteiger charge is 2.18. The molecular formula is C13H14BrN3OS2. The third kappa shape index (κ3) is 3.28. The average Bonchev–Trinajstić information content (AvgIpc) is 3.08. The summed E-state index contributed by atoms with van der Waals surface area (Å²) in [6.45, 7) is 1.89. The topological polar surface area (TPSA) is 54.0 Å². The molecule has 0 aliphatic carbocycles. The lowest BCUT2D eigenvalue weighted by Gasteiger charge is -2.23. The molecule has 1 fully saturated rings. The number of nitrogens with zero attached hydrogens (tertiary/aromatic N) is 1. The van der Waals surface area contributed by atoms with Crippen LogP contribution >= 0.6 is 38.6 Å². The highest BCUT2D eigenvalue weighted by Crippen LogP contribution is 2.31. The minimum Gasteiger partial charge on any atom is -0.347 e. The van der Waals surface area contributed by atoms with Gasteiger partial charge in [0.1, 0.15) is 10.7 Å². The van der Waals surface area contributed by atoms with Crippen molar-refractivity contribution in [1.29, 1.82) is 0 Å². The summed E-state index contributed by atoms with van der Waals surface area (Å²) in [6, 6.07) is 2.24. The van der Waals surface area contributed by atoms with Crippen LogP contribution in [0.25, 0.3) is 9.88 Å². The number of hydrogen-bond acceptors (Lipinski definition) is 5. The van der Waals surface area contributed by atoms with E-state index in [4.69, 9.17) is 0 Å². The third-order valence-corrected chi connectivity index (χ3v) is 5.85. The molecule has 1 aliphatic heterocycles. The summed E-state index contributed by atoms with van der Waals surface area (Å²) in [7, 11) is 0. The zero-order valence-corrected chi connectivity index (χ0v) is 13.9. The largest absolute Gasteiger partial charge is 0.347 e. The fraction of sp³-hybridized carbons (Fsp3) is 0.385. The average molecular weight is 372 g/mol. The summed E-state index contributed by atoms with van der Waals surface area (Å²) >= 11 is 6.56. The van der Waals surface area contributed by atoms with Gasteiger partial charge < -0.3 is 10.6 Å². The molecule has 1 saturated heterocycles. The van der Waals surface area contributed by atoms with Gasteiger partial charge in [0, 0.05) is 27.8 Å². The van der Waals surface area contributed by atoms with Gasteiger partial charge in [-0.15, -0.1) is 22.7 Å². The smallest absolute Gasteiger partial charge is 0.271 e. The number of carbonyl (C=O) groups is 1. The molecule has 20 heavy (non-hydrogen) atoms. The normalized spacial score (nSPS) is 18.9. The lowest BCUT2D eigenvalue weighted by atomic mass is 10.1. The van der Waals surface area contributed by atoms with Gasteiger partial charge in [0.15, 0.2) is 0 Å². The molecule has 4 nitrogen and oxygen atoms in total. The van der Waals surface area contributed by atoms with Crippen LogP contribution < -0.4 is 10.6 Å². The first kappa shape index (κ1) is 14.2. The summed E-state index contributed by atoms with van der Waals surface area (Å²) in [5.74, 6) is -0.0724. The van der Waals surface area contributed by atoms with E-state index in [2.05, 4.69) is 31.5 Å². The summed E-state index contributed by atoms with van der Waals surface area (Å²) in [4.78, 5) is 17.7. The van der Waals surface area contributed by atoms with Gasteiger partial charge in [0.25, 0.3) is 5.91 Å². The zero-order chi connectivity index (χ0) is 13.9. The van der Waals surface area contributed by atoms with Gasteiger partial charge in [0.2, 0.25) is 0 Å². The number of thiazole rings is 1. The lowest BCUT2D eigenvalue weighted by molar-refractivity contribution is 0.0926. The second-order valence-corrected chi connectivity index (χ2v) is 7.37. The number of rotatable bonds is 3. The van der Waals surface area contributed by atoms with Crippen molar-refractivity contribution in [1.82, 2.24) is 15.6 Å². The van der Waals surface area contributed by atoms with Crippen LogP contribution in [-0.4, -0.2) is 30.0 Å². The van der Waals surface area contributed by atoms with E-state index in [9.17, 15) is 4.79 Å². The number of halogens is 1. The maximum absolute atomic E-state index is 12.2. The van der Waals surface area contributed by atoms with Crippen LogP contribution in [0.4, 0.5) is 0 Å². The molecule has 1 amide bonds. The first-order chi connectivity index (χ1) is 9.72. The molecule has 0 spiro atoms. The zero-order valence-electron chi connectivity index (χ0n) is 10.7. The molecule has 0 unspecified atom stereocenters. The van der Waals surface area contributed by atoms with Crippen LogP contribution in [0.5, 0.6) is 0 Å². The Kier molecular flexibility index (Phi) is 4.50. The number of thiophene rings is 1. The van der Waals surface area contributed by atoms with E-state index in [1.165, 1.54) is 11.3 Å². The van der Waals surface area contributed by atoms with Crippen molar-refractivity contribution in [3.63, 3.8) is 0 Å². The SMILES string of the molecule is O=C(N[C@H]1CCCNC1)c1csc(-c2cc(Br)cs2)n1. The standard InChI is InChI=1S/C13H14BrN3OS2/c14-8-4-11(19-6-8)13-17-10(7-20-13)12(18)16-9-2-1-3-15-5-9/h4,6-7,9,15H,1-3,5H2,(H,16,18)/t9-/m0/s1. The second kappa shape index (κ2) is 6.34. The summed E-state index contributed by atoms with van der Waals surface area (Å²) in [5.41, 5.74) is 0.514. The van der Waals surface area contributed by atoms with Crippen molar-refractivity contribution >= 4 is 44.5 Å². The van der Waals surface area contributed by atoms with Gasteiger partial charge in [-0.05, 0) is 41.4 Å². The Morgan fingerprint density at radius 2 is 2.35 bits per heavy atom. The van der Waals surface area contributed by atoms with Gasteiger partial charge in [-0.2, -0.15) is 0 Å². The molecule has 3 rings (SSSR count). The van der Waals surface area contributed by atoms with Crippen LogP contribution in [0.1, 0.15) is 23.3 Å². The fourth-order valence-electron chi connectivity index (χ4n) is 2.15. The number of carbonyl (C=O) groups excluding carboxylic acids is 1. The van der Waals surface area contributed by atoms with E-state index in [0.29, 0.717) is 5.69 Å². The number of nitrogens with one attached hydrogen (secondary N) is 2. The Balaban J connectivity index is 1.68. The van der Waals surface area contributed by atoms with Gasteiger partial charge in [-0.25, -0.2) is 4.98 Å². The van der Waals surface area contributed by atoms with E-state index in [0.717, 1.165) is 40.3 Å². The highest BCUT2D eigenvalue weighted by molar-refractivity contribution is 9.10. The molecule has 106 valence electrons. The first-order valence-electron chi connectivity index (χ1n) is 6.44. The van der Waals surface area contributed by atoms with Crippen LogP contribution in [0.3, 0.4) is 0 Å². The van der Waals surface area contributed by atoms with Gasteiger partial charge in [-0.1, -0.05) is 0 Å². The predicted octanol–water partition coefficient (Wildman–Crippen LogP) is 3.12. The monoisotopic (exact) mass is 371 g/mol. The summed E-state index contributed by atoms with van der Waals surface area (Å²) in [6.07, 6.45) is 2.14. The van der Waals surface area contributed by atoms with Crippen LogP contribution in [-0.2, 0) is 0 Å². The van der Waals surface area contributed by atoms with Crippen molar-refractivity contribution in [3.8, 4) is 9.88 Å². The molecule has 0 bridgehead atoms. The van der Waals surface area contributed by atoms with E-state index >= 15 is 0 Å². The molecule has 0 radical (unpaired) electrons. The Morgan fingerprint density at radius 3 is 3.05 bits per heavy atom. The highest BCUT2D eigenvalue weighted by atomic mass is 79.9. The molecule has 3 heterocycles.